The number of hydrogen-bond donors (Lipinski definition) is 1. The molecule has 15 heavy (non-hydrogen) atoms. The summed E-state index contributed by atoms with van der Waals surface area (Å²) < 4.78 is 5.07. The highest BCUT2D eigenvalue weighted by atomic mass is 16.5. The lowest BCUT2D eigenvalue weighted by molar-refractivity contribution is 0.117. The molecule has 0 bridgehead atoms. The molecule has 0 aromatic carbocycles. The van der Waals surface area contributed by atoms with Gasteiger partial charge in [0.05, 0.1) is 13.2 Å². The highest BCUT2D eigenvalue weighted by Gasteiger charge is 2.14. The van der Waals surface area contributed by atoms with Crippen molar-refractivity contribution in [2.24, 2.45) is 5.92 Å². The highest BCUT2D eigenvalue weighted by Crippen LogP contribution is 2.18. The quantitative estimate of drug-likeness (QED) is 0.647. The van der Waals surface area contributed by atoms with Gasteiger partial charge in [0.25, 0.3) is 0 Å². The molecular formula is C12H23NO2. The predicted molar refractivity (Wildman–Crippen MR) is 61.9 cm³/mol. The Hall–Kier alpha value is -0.380. The minimum Gasteiger partial charge on any atom is -0.395 e. The van der Waals surface area contributed by atoms with Crippen LogP contribution in [0, 0.1) is 5.92 Å². The molecule has 0 radical (unpaired) electrons. The molecule has 3 nitrogen and oxygen atoms in total. The maximum Gasteiger partial charge on any atom is 0.0589 e. The number of methoxy groups -OCH3 is 1. The fourth-order valence-corrected chi connectivity index (χ4v) is 2.04. The van der Waals surface area contributed by atoms with Crippen LogP contribution in [-0.2, 0) is 4.74 Å². The van der Waals surface area contributed by atoms with Crippen LogP contribution in [0.2, 0.25) is 0 Å². The lowest BCUT2D eigenvalue weighted by atomic mass is 9.94. The number of aliphatic hydroxyl groups is 1. The topological polar surface area (TPSA) is 32.7 Å². The van der Waals surface area contributed by atoms with E-state index in [1.54, 1.807) is 7.11 Å². The predicted octanol–water partition coefficient (Wildman–Crippen LogP) is 1.28. The molecule has 0 spiro atoms. The van der Waals surface area contributed by atoms with Crippen molar-refractivity contribution >= 4 is 0 Å². The lowest BCUT2D eigenvalue weighted by Gasteiger charge is -2.27. The number of ether oxygens (including phenoxy) is 1. The molecule has 1 aliphatic carbocycles. The van der Waals surface area contributed by atoms with Gasteiger partial charge < -0.3 is 9.84 Å². The zero-order chi connectivity index (χ0) is 10.9. The SMILES string of the molecule is COCCN(CCO)CC1CC=CCC1. The summed E-state index contributed by atoms with van der Waals surface area (Å²) in [5.74, 6) is 0.762. The van der Waals surface area contributed by atoms with E-state index in [0.717, 1.165) is 32.2 Å². The first kappa shape index (κ1) is 12.7. The Balaban J connectivity index is 2.25. The van der Waals surface area contributed by atoms with Crippen molar-refractivity contribution in [3.05, 3.63) is 12.2 Å². The molecule has 1 unspecified atom stereocenters. The summed E-state index contributed by atoms with van der Waals surface area (Å²) in [6.45, 7) is 3.78. The van der Waals surface area contributed by atoms with Gasteiger partial charge in [-0.2, -0.15) is 0 Å². The summed E-state index contributed by atoms with van der Waals surface area (Å²) >= 11 is 0. The van der Waals surface area contributed by atoms with E-state index >= 15 is 0 Å². The van der Waals surface area contributed by atoms with Gasteiger partial charge in [0.1, 0.15) is 0 Å². The lowest BCUT2D eigenvalue weighted by Crippen LogP contribution is -2.35. The van der Waals surface area contributed by atoms with Crippen LogP contribution in [0.15, 0.2) is 12.2 Å². The molecule has 1 rings (SSSR count). The first-order valence-electron chi connectivity index (χ1n) is 5.84. The van der Waals surface area contributed by atoms with Gasteiger partial charge in [-0.3, -0.25) is 4.90 Å². The molecular weight excluding hydrogens is 190 g/mol. The van der Waals surface area contributed by atoms with Crippen LogP contribution in [0.25, 0.3) is 0 Å². The molecule has 0 saturated carbocycles. The summed E-state index contributed by atoms with van der Waals surface area (Å²) in [5.41, 5.74) is 0. The fraction of sp³-hybridized carbons (Fsp3) is 0.833. The van der Waals surface area contributed by atoms with Crippen molar-refractivity contribution < 1.29 is 9.84 Å². The Morgan fingerprint density at radius 3 is 2.87 bits per heavy atom. The smallest absolute Gasteiger partial charge is 0.0589 e. The van der Waals surface area contributed by atoms with Gasteiger partial charge in [-0.1, -0.05) is 12.2 Å². The van der Waals surface area contributed by atoms with Crippen molar-refractivity contribution in [2.75, 3.05) is 40.0 Å². The Kier molecular flexibility index (Phi) is 6.64. The Labute approximate surface area is 92.7 Å². The summed E-state index contributed by atoms with van der Waals surface area (Å²) in [6, 6.07) is 0. The first-order chi connectivity index (χ1) is 7.36. The molecule has 0 aromatic rings. The van der Waals surface area contributed by atoms with E-state index in [1.165, 1.54) is 19.3 Å². The highest BCUT2D eigenvalue weighted by molar-refractivity contribution is 4.90. The summed E-state index contributed by atoms with van der Waals surface area (Å²) in [4.78, 5) is 2.30. The van der Waals surface area contributed by atoms with Crippen LogP contribution >= 0.6 is 0 Å². The van der Waals surface area contributed by atoms with E-state index in [1.807, 2.05) is 0 Å². The van der Waals surface area contributed by atoms with Crippen LogP contribution in [0.1, 0.15) is 19.3 Å². The van der Waals surface area contributed by atoms with E-state index in [2.05, 4.69) is 17.1 Å². The van der Waals surface area contributed by atoms with Crippen molar-refractivity contribution in [1.82, 2.24) is 4.90 Å². The van der Waals surface area contributed by atoms with Crippen LogP contribution < -0.4 is 0 Å². The van der Waals surface area contributed by atoms with Crippen molar-refractivity contribution in [1.29, 1.82) is 0 Å². The number of aliphatic hydroxyl groups excluding tert-OH is 1. The van der Waals surface area contributed by atoms with Gasteiger partial charge in [0, 0.05) is 26.7 Å². The monoisotopic (exact) mass is 213 g/mol. The Bertz CT molecular complexity index is 182. The van der Waals surface area contributed by atoms with E-state index < -0.39 is 0 Å². The standard InChI is InChI=1S/C12H23NO2/c1-15-10-8-13(7-9-14)11-12-5-3-2-4-6-12/h2-3,12,14H,4-11H2,1H3. The van der Waals surface area contributed by atoms with Gasteiger partial charge in [-0.05, 0) is 25.2 Å². The summed E-state index contributed by atoms with van der Waals surface area (Å²) in [7, 11) is 1.72. The average Bonchev–Trinajstić information content (AvgIpc) is 2.28. The molecule has 88 valence electrons. The number of hydrogen-bond acceptors (Lipinski definition) is 3. The zero-order valence-corrected chi connectivity index (χ0v) is 9.69. The van der Waals surface area contributed by atoms with E-state index in [0.29, 0.717) is 0 Å². The second-order valence-electron chi connectivity index (χ2n) is 4.17. The normalized spacial score (nSPS) is 21.1. The molecule has 0 fully saturated rings. The number of nitrogens with zero attached hydrogens (tertiary/aromatic N) is 1. The Morgan fingerprint density at radius 2 is 2.27 bits per heavy atom. The first-order valence-corrected chi connectivity index (χ1v) is 5.84. The largest absolute Gasteiger partial charge is 0.395 e. The molecule has 1 aliphatic rings. The third-order valence-corrected chi connectivity index (χ3v) is 2.92. The number of allylic oxidation sites excluding steroid dienone is 2. The molecule has 1 atom stereocenters. The van der Waals surface area contributed by atoms with E-state index in [-0.39, 0.29) is 6.61 Å². The molecule has 0 heterocycles. The van der Waals surface area contributed by atoms with Gasteiger partial charge in [0.2, 0.25) is 0 Å². The summed E-state index contributed by atoms with van der Waals surface area (Å²) in [5, 5.41) is 8.97. The third kappa shape index (κ3) is 5.30. The van der Waals surface area contributed by atoms with Crippen LogP contribution in [0.5, 0.6) is 0 Å². The molecule has 0 amide bonds. The van der Waals surface area contributed by atoms with Crippen molar-refractivity contribution in [2.45, 2.75) is 19.3 Å². The minimum absolute atomic E-state index is 0.242. The molecule has 0 aromatic heterocycles. The molecule has 0 saturated heterocycles. The van der Waals surface area contributed by atoms with Crippen LogP contribution in [0.3, 0.4) is 0 Å². The maximum absolute atomic E-state index is 8.97. The average molecular weight is 213 g/mol. The van der Waals surface area contributed by atoms with Gasteiger partial charge in [-0.25, -0.2) is 0 Å². The van der Waals surface area contributed by atoms with E-state index in [4.69, 9.17) is 9.84 Å². The van der Waals surface area contributed by atoms with Crippen LogP contribution in [-0.4, -0.2) is 50.0 Å². The van der Waals surface area contributed by atoms with Crippen molar-refractivity contribution in [3.8, 4) is 0 Å². The molecule has 0 aliphatic heterocycles. The van der Waals surface area contributed by atoms with Gasteiger partial charge in [0.15, 0.2) is 0 Å². The summed E-state index contributed by atoms with van der Waals surface area (Å²) in [6.07, 6.45) is 8.23. The maximum atomic E-state index is 8.97. The molecule has 1 N–H and O–H groups in total. The minimum atomic E-state index is 0.242. The van der Waals surface area contributed by atoms with Crippen molar-refractivity contribution in [3.63, 3.8) is 0 Å². The second-order valence-corrected chi connectivity index (χ2v) is 4.17. The van der Waals surface area contributed by atoms with Crippen LogP contribution in [0.4, 0.5) is 0 Å². The van der Waals surface area contributed by atoms with E-state index in [9.17, 15) is 0 Å². The Morgan fingerprint density at radius 1 is 1.40 bits per heavy atom. The van der Waals surface area contributed by atoms with Gasteiger partial charge >= 0.3 is 0 Å². The second kappa shape index (κ2) is 7.85. The zero-order valence-electron chi connectivity index (χ0n) is 9.69. The number of rotatable bonds is 7. The fourth-order valence-electron chi connectivity index (χ4n) is 2.04. The molecule has 3 heteroatoms. The van der Waals surface area contributed by atoms with Gasteiger partial charge in [-0.15, -0.1) is 0 Å². The third-order valence-electron chi connectivity index (χ3n) is 2.92.